The van der Waals surface area contributed by atoms with E-state index in [4.69, 9.17) is 0 Å². The van der Waals surface area contributed by atoms with E-state index in [2.05, 4.69) is 10.6 Å². The van der Waals surface area contributed by atoms with Crippen LogP contribution >= 0.6 is 0 Å². The van der Waals surface area contributed by atoms with Gasteiger partial charge in [0.1, 0.15) is 5.75 Å². The Kier molecular flexibility index (Phi) is 8.92. The average Bonchev–Trinajstić information content (AvgIpc) is 3.17. The molecule has 0 aliphatic carbocycles. The molecule has 9 nitrogen and oxygen atoms in total. The summed E-state index contributed by atoms with van der Waals surface area (Å²) >= 11 is 0. The number of carbonyl (C=O) groups excluding carboxylic acids is 2. The summed E-state index contributed by atoms with van der Waals surface area (Å²) in [6, 6.07) is 12.8. The van der Waals surface area contributed by atoms with Crippen molar-refractivity contribution in [1.82, 2.24) is 15.5 Å². The highest BCUT2D eigenvalue weighted by molar-refractivity contribution is 7.92. The first kappa shape index (κ1) is 30.0. The van der Waals surface area contributed by atoms with Crippen LogP contribution in [0.3, 0.4) is 0 Å². The van der Waals surface area contributed by atoms with Crippen LogP contribution in [0.15, 0.2) is 48.5 Å². The van der Waals surface area contributed by atoms with E-state index in [1.54, 1.807) is 19.1 Å². The number of phenols is 1. The van der Waals surface area contributed by atoms with Crippen LogP contribution in [0.1, 0.15) is 55.1 Å². The number of piperidine rings is 1. The monoisotopic (exact) mass is 571 g/mol. The van der Waals surface area contributed by atoms with Crippen molar-refractivity contribution in [3.8, 4) is 5.75 Å². The summed E-state index contributed by atoms with van der Waals surface area (Å²) in [5, 5.41) is 27.0. The van der Waals surface area contributed by atoms with Gasteiger partial charge in [0, 0.05) is 29.8 Å². The lowest BCUT2D eigenvalue weighted by Gasteiger charge is -2.42. The summed E-state index contributed by atoms with van der Waals surface area (Å²) in [4.78, 5) is 28.5. The molecule has 2 aliphatic rings. The minimum atomic E-state index is -3.27. The van der Waals surface area contributed by atoms with E-state index in [0.717, 1.165) is 5.56 Å². The van der Waals surface area contributed by atoms with Gasteiger partial charge >= 0.3 is 0 Å². The number of likely N-dealkylation sites (tertiary alicyclic amines) is 1. The highest BCUT2D eigenvalue weighted by Crippen LogP contribution is 2.36. The molecule has 40 heavy (non-hydrogen) atoms. The number of aliphatic hydroxyl groups excluding tert-OH is 1. The number of β-amino-alcohol motifs (C(OH)–C–C–N with tert-alkyl or cyclic N) is 1. The molecular formula is C30H41N3O6S. The van der Waals surface area contributed by atoms with Crippen molar-refractivity contribution < 1.29 is 28.2 Å². The van der Waals surface area contributed by atoms with Crippen LogP contribution in [-0.4, -0.2) is 83.2 Å². The van der Waals surface area contributed by atoms with Gasteiger partial charge in [0.05, 0.1) is 29.2 Å². The molecule has 5 atom stereocenters. The highest BCUT2D eigenvalue weighted by Gasteiger charge is 2.49. The Hall–Kier alpha value is -2.95. The smallest absolute Gasteiger partial charge is 0.252 e. The highest BCUT2D eigenvalue weighted by atomic mass is 32.2. The van der Waals surface area contributed by atoms with E-state index in [-0.39, 0.29) is 36.3 Å². The zero-order chi connectivity index (χ0) is 29.2. The van der Waals surface area contributed by atoms with Crippen molar-refractivity contribution in [1.29, 1.82) is 0 Å². The predicted octanol–water partition coefficient (Wildman–Crippen LogP) is 2.19. The van der Waals surface area contributed by atoms with E-state index in [1.165, 1.54) is 6.07 Å². The number of benzene rings is 2. The van der Waals surface area contributed by atoms with Gasteiger partial charge in [-0.2, -0.15) is 0 Å². The molecule has 2 saturated heterocycles. The molecule has 4 rings (SSSR count). The van der Waals surface area contributed by atoms with Crippen LogP contribution < -0.4 is 10.6 Å². The first-order chi connectivity index (χ1) is 18.7. The normalized spacial score (nSPS) is 24.1. The number of rotatable bonds is 8. The standard InChI is InChI=1S/C30H41N3O6S/c1-19-22(11-8-12-25(19)34)28(36)31-23(15-20-9-6-5-7-10-20)26(35)18-33-17-21-13-14-40(38,39)27(21)16-24(33)29(37)32-30(2,3)4/h5-12,21,23-24,26-27,34-35H,13-18H2,1-4H3,(H,31,36)(H,32,37)/t21-,23+,24+,26-,27+/m1/s1. The number of sulfone groups is 1. The number of fused-ring (bicyclic) bond motifs is 1. The molecule has 0 bridgehead atoms. The number of amides is 2. The van der Waals surface area contributed by atoms with Gasteiger partial charge in [-0.25, -0.2) is 8.42 Å². The number of aromatic hydroxyl groups is 1. The van der Waals surface area contributed by atoms with Crippen molar-refractivity contribution in [2.45, 2.75) is 75.9 Å². The number of nitrogens with zero attached hydrogens (tertiary/aromatic N) is 1. The Morgan fingerprint density at radius 1 is 1.10 bits per heavy atom. The van der Waals surface area contributed by atoms with Crippen molar-refractivity contribution in [3.63, 3.8) is 0 Å². The van der Waals surface area contributed by atoms with E-state index >= 15 is 0 Å². The van der Waals surface area contributed by atoms with Gasteiger partial charge in [0.2, 0.25) is 5.91 Å². The van der Waals surface area contributed by atoms with Gasteiger partial charge < -0.3 is 20.8 Å². The summed E-state index contributed by atoms with van der Waals surface area (Å²) in [5.74, 6) is -0.666. The molecule has 0 spiro atoms. The van der Waals surface area contributed by atoms with Gasteiger partial charge in [-0.1, -0.05) is 36.4 Å². The van der Waals surface area contributed by atoms with Crippen LogP contribution in [0.4, 0.5) is 0 Å². The third-order valence-corrected chi connectivity index (χ3v) is 10.3. The molecule has 218 valence electrons. The maximum atomic E-state index is 13.4. The van der Waals surface area contributed by atoms with Crippen LogP contribution in [0.25, 0.3) is 0 Å². The topological polar surface area (TPSA) is 136 Å². The van der Waals surface area contributed by atoms with Gasteiger partial charge in [0.15, 0.2) is 9.84 Å². The molecule has 2 aromatic carbocycles. The molecular weight excluding hydrogens is 530 g/mol. The first-order valence-electron chi connectivity index (χ1n) is 13.8. The number of aliphatic hydroxyl groups is 1. The fraction of sp³-hybridized carbons (Fsp3) is 0.533. The van der Waals surface area contributed by atoms with E-state index in [9.17, 15) is 28.2 Å². The molecule has 0 unspecified atom stereocenters. The maximum Gasteiger partial charge on any atom is 0.252 e. The number of hydrogen-bond donors (Lipinski definition) is 4. The van der Waals surface area contributed by atoms with Crippen LogP contribution in [0.5, 0.6) is 5.75 Å². The molecule has 10 heteroatoms. The first-order valence-corrected chi connectivity index (χ1v) is 15.6. The lowest BCUT2D eigenvalue weighted by atomic mass is 9.89. The number of phenolic OH excluding ortho intramolecular Hbond substituents is 1. The molecule has 2 fully saturated rings. The summed E-state index contributed by atoms with van der Waals surface area (Å²) in [6.07, 6.45) is 0.00785. The SMILES string of the molecule is Cc1c(O)cccc1C(=O)N[C@@H](Cc1ccccc1)[C@H](O)CN1C[C@H]2CCS(=O)(=O)[C@H]2C[C@H]1C(=O)NC(C)(C)C. The second-order valence-electron chi connectivity index (χ2n) is 12.2. The van der Waals surface area contributed by atoms with Crippen molar-refractivity contribution in [3.05, 3.63) is 65.2 Å². The Morgan fingerprint density at radius 2 is 1.80 bits per heavy atom. The van der Waals surface area contributed by atoms with Gasteiger partial charge in [0.25, 0.3) is 5.91 Å². The third kappa shape index (κ3) is 7.03. The second kappa shape index (κ2) is 11.9. The van der Waals surface area contributed by atoms with Gasteiger partial charge in [-0.05, 0) is 70.6 Å². The number of hydrogen-bond acceptors (Lipinski definition) is 7. The van der Waals surface area contributed by atoms with Crippen LogP contribution in [0.2, 0.25) is 0 Å². The predicted molar refractivity (Wildman–Crippen MR) is 154 cm³/mol. The molecule has 2 heterocycles. The molecule has 0 radical (unpaired) electrons. The molecule has 2 aliphatic heterocycles. The van der Waals surface area contributed by atoms with Gasteiger partial charge in [-0.15, -0.1) is 0 Å². The molecule has 2 aromatic rings. The molecule has 4 N–H and O–H groups in total. The maximum absolute atomic E-state index is 13.4. The molecule has 0 aromatic heterocycles. The Balaban J connectivity index is 1.59. The van der Waals surface area contributed by atoms with E-state index in [1.807, 2.05) is 56.0 Å². The minimum Gasteiger partial charge on any atom is -0.508 e. The fourth-order valence-electron chi connectivity index (χ4n) is 5.85. The van der Waals surface area contributed by atoms with Gasteiger partial charge in [-0.3, -0.25) is 14.5 Å². The minimum absolute atomic E-state index is 0.00916. The fourth-order valence-corrected chi connectivity index (χ4v) is 8.07. The third-order valence-electron chi connectivity index (χ3n) is 7.98. The summed E-state index contributed by atoms with van der Waals surface area (Å²) in [5.41, 5.74) is 1.17. The van der Waals surface area contributed by atoms with Crippen LogP contribution in [0, 0.1) is 12.8 Å². The van der Waals surface area contributed by atoms with Crippen molar-refractivity contribution in [2.75, 3.05) is 18.8 Å². The summed E-state index contributed by atoms with van der Waals surface area (Å²) in [6.45, 7) is 7.73. The largest absolute Gasteiger partial charge is 0.508 e. The second-order valence-corrected chi connectivity index (χ2v) is 14.5. The van der Waals surface area contributed by atoms with Crippen molar-refractivity contribution in [2.24, 2.45) is 5.92 Å². The van der Waals surface area contributed by atoms with E-state index < -0.39 is 44.7 Å². The lowest BCUT2D eigenvalue weighted by molar-refractivity contribution is -0.130. The van der Waals surface area contributed by atoms with E-state index in [0.29, 0.717) is 30.5 Å². The average molecular weight is 572 g/mol. The van der Waals surface area contributed by atoms with Crippen LogP contribution in [-0.2, 0) is 21.1 Å². The zero-order valence-corrected chi connectivity index (χ0v) is 24.4. The lowest BCUT2D eigenvalue weighted by Crippen LogP contribution is -2.61. The number of nitrogens with one attached hydrogen (secondary N) is 2. The summed E-state index contributed by atoms with van der Waals surface area (Å²) < 4.78 is 25.5. The Labute approximate surface area is 236 Å². The number of carbonyl (C=O) groups is 2. The Bertz CT molecular complexity index is 1320. The molecule has 0 saturated carbocycles. The molecule has 2 amide bonds. The quantitative estimate of drug-likeness (QED) is 0.381. The summed E-state index contributed by atoms with van der Waals surface area (Å²) in [7, 11) is -3.27. The Morgan fingerprint density at radius 3 is 2.48 bits per heavy atom. The zero-order valence-electron chi connectivity index (χ0n) is 23.6. The van der Waals surface area contributed by atoms with Crippen molar-refractivity contribution >= 4 is 21.7 Å².